The Morgan fingerprint density at radius 1 is 0.433 bits per heavy atom. The first-order valence-corrected chi connectivity index (χ1v) is 9.22. The standard InChI is InChI=1S/2C12H12N2.ClH.Os/c2*1-9-3-5-13-11(7-9)12-8-10(2)4-6-14-12;;/h2*3-8H,1-2H3;1H;/p-1. The van der Waals surface area contributed by atoms with Gasteiger partial charge in [0.25, 0.3) is 0 Å². The maximum absolute atomic E-state index is 4.29. The second-order valence-electron chi connectivity index (χ2n) is 6.87. The summed E-state index contributed by atoms with van der Waals surface area (Å²) < 4.78 is 0. The number of pyridine rings is 4. The summed E-state index contributed by atoms with van der Waals surface area (Å²) in [6.45, 7) is 8.23. The molecule has 156 valence electrons. The predicted molar refractivity (Wildman–Crippen MR) is 114 cm³/mol. The van der Waals surface area contributed by atoms with Gasteiger partial charge in [-0.1, -0.05) is 0 Å². The van der Waals surface area contributed by atoms with Crippen molar-refractivity contribution in [1.29, 1.82) is 0 Å². The fourth-order valence-electron chi connectivity index (χ4n) is 2.70. The topological polar surface area (TPSA) is 51.6 Å². The third-order valence-corrected chi connectivity index (χ3v) is 4.19. The van der Waals surface area contributed by atoms with Crippen LogP contribution in [0.3, 0.4) is 0 Å². The van der Waals surface area contributed by atoms with E-state index in [-0.39, 0.29) is 32.2 Å². The van der Waals surface area contributed by atoms with E-state index in [0.717, 1.165) is 22.8 Å². The van der Waals surface area contributed by atoms with Crippen molar-refractivity contribution in [1.82, 2.24) is 19.9 Å². The minimum absolute atomic E-state index is 0. The summed E-state index contributed by atoms with van der Waals surface area (Å²) in [5.74, 6) is 0. The van der Waals surface area contributed by atoms with Crippen LogP contribution < -0.4 is 12.4 Å². The Balaban J connectivity index is 0.000000281. The summed E-state index contributed by atoms with van der Waals surface area (Å²) in [4.78, 5) is 17.2. The van der Waals surface area contributed by atoms with Crippen LogP contribution in [0.1, 0.15) is 22.3 Å². The van der Waals surface area contributed by atoms with Gasteiger partial charge in [-0.25, -0.2) is 0 Å². The van der Waals surface area contributed by atoms with Crippen molar-refractivity contribution in [3.05, 3.63) is 95.6 Å². The summed E-state index contributed by atoms with van der Waals surface area (Å²) in [5, 5.41) is 0. The van der Waals surface area contributed by atoms with Crippen LogP contribution in [0.25, 0.3) is 22.8 Å². The van der Waals surface area contributed by atoms with Gasteiger partial charge in [-0.2, -0.15) is 0 Å². The van der Waals surface area contributed by atoms with Crippen molar-refractivity contribution in [2.45, 2.75) is 27.7 Å². The van der Waals surface area contributed by atoms with Gasteiger partial charge in [0.2, 0.25) is 0 Å². The third-order valence-electron chi connectivity index (χ3n) is 4.19. The predicted octanol–water partition coefficient (Wildman–Crippen LogP) is 2.52. The van der Waals surface area contributed by atoms with E-state index in [9.17, 15) is 0 Å². The molecular formula is C24H24ClN4Os-. The van der Waals surface area contributed by atoms with Crippen molar-refractivity contribution in [3.63, 3.8) is 0 Å². The Morgan fingerprint density at radius 3 is 0.800 bits per heavy atom. The van der Waals surface area contributed by atoms with E-state index in [4.69, 9.17) is 0 Å². The van der Waals surface area contributed by atoms with Gasteiger partial charge >= 0.3 is 0 Å². The molecule has 0 fully saturated rings. The molecule has 6 heteroatoms. The molecule has 0 bridgehead atoms. The molecule has 30 heavy (non-hydrogen) atoms. The average molecular weight is 594 g/mol. The first-order valence-electron chi connectivity index (χ1n) is 9.22. The smallest absolute Gasteiger partial charge is 0.0888 e. The molecule has 0 saturated carbocycles. The van der Waals surface area contributed by atoms with Gasteiger partial charge in [0, 0.05) is 44.6 Å². The molecule has 0 aliphatic carbocycles. The first kappa shape index (κ1) is 25.6. The Bertz CT molecular complexity index is 912. The second kappa shape index (κ2) is 12.3. The van der Waals surface area contributed by atoms with Gasteiger partial charge in [-0.15, -0.1) is 0 Å². The molecule has 4 aromatic heterocycles. The van der Waals surface area contributed by atoms with Crippen LogP contribution in [-0.2, 0) is 19.8 Å². The quantitative estimate of drug-likeness (QED) is 0.359. The van der Waals surface area contributed by atoms with E-state index in [1.165, 1.54) is 22.3 Å². The Kier molecular flexibility index (Phi) is 10.5. The third kappa shape index (κ3) is 7.41. The molecule has 4 rings (SSSR count). The van der Waals surface area contributed by atoms with Crippen LogP contribution in [0.5, 0.6) is 0 Å². The number of nitrogens with zero attached hydrogens (tertiary/aromatic N) is 4. The number of rotatable bonds is 2. The van der Waals surface area contributed by atoms with Crippen molar-refractivity contribution in [2.24, 2.45) is 0 Å². The van der Waals surface area contributed by atoms with Crippen LogP contribution in [0, 0.1) is 27.7 Å². The Labute approximate surface area is 197 Å². The number of halogens is 1. The maximum Gasteiger partial charge on any atom is 0.0888 e. The van der Waals surface area contributed by atoms with Gasteiger partial charge in [0.1, 0.15) is 0 Å². The Morgan fingerprint density at radius 2 is 0.633 bits per heavy atom. The molecule has 0 aliphatic rings. The van der Waals surface area contributed by atoms with Gasteiger partial charge in [0.15, 0.2) is 0 Å². The monoisotopic (exact) mass is 595 g/mol. The van der Waals surface area contributed by atoms with Gasteiger partial charge in [-0.3, -0.25) is 19.9 Å². The number of aryl methyl sites for hydroxylation is 4. The molecule has 0 amide bonds. The molecule has 0 aliphatic heterocycles. The zero-order valence-corrected chi connectivity index (χ0v) is 20.7. The van der Waals surface area contributed by atoms with Gasteiger partial charge in [0.05, 0.1) is 22.8 Å². The van der Waals surface area contributed by atoms with E-state index in [0.29, 0.717) is 0 Å². The SMILES string of the molecule is Cc1ccnc(-c2cc(C)ccn2)c1.Cc1ccnc(-c2cc(C)ccn2)c1.[Cl-].[Os]. The van der Waals surface area contributed by atoms with E-state index in [2.05, 4.69) is 47.6 Å². The summed E-state index contributed by atoms with van der Waals surface area (Å²) in [6.07, 6.45) is 7.26. The molecular weight excluding hydrogens is 570 g/mol. The molecule has 4 nitrogen and oxygen atoms in total. The summed E-state index contributed by atoms with van der Waals surface area (Å²) in [5.41, 5.74) is 8.58. The summed E-state index contributed by atoms with van der Waals surface area (Å²) in [6, 6.07) is 16.1. The van der Waals surface area contributed by atoms with E-state index in [1.54, 1.807) is 0 Å². The van der Waals surface area contributed by atoms with Gasteiger partial charge in [-0.05, 0) is 98.5 Å². The molecule has 0 unspecified atom stereocenters. The van der Waals surface area contributed by atoms with Gasteiger partial charge < -0.3 is 12.4 Å². The minimum atomic E-state index is 0. The fraction of sp³-hybridized carbons (Fsp3) is 0.167. The average Bonchev–Trinajstić information content (AvgIpc) is 2.69. The molecule has 0 aromatic carbocycles. The van der Waals surface area contributed by atoms with Crippen LogP contribution in [-0.4, -0.2) is 19.9 Å². The summed E-state index contributed by atoms with van der Waals surface area (Å²) in [7, 11) is 0. The van der Waals surface area contributed by atoms with Crippen LogP contribution in [0.2, 0.25) is 0 Å². The van der Waals surface area contributed by atoms with E-state index in [1.807, 2.05) is 73.3 Å². The molecule has 0 saturated heterocycles. The second-order valence-corrected chi connectivity index (χ2v) is 6.87. The molecule has 0 N–H and O–H groups in total. The molecule has 0 spiro atoms. The first-order chi connectivity index (χ1) is 13.5. The normalized spacial score (nSPS) is 9.47. The molecule has 0 radical (unpaired) electrons. The largest absolute Gasteiger partial charge is 1.00 e. The van der Waals surface area contributed by atoms with Crippen molar-refractivity contribution in [2.75, 3.05) is 0 Å². The summed E-state index contributed by atoms with van der Waals surface area (Å²) >= 11 is 0. The van der Waals surface area contributed by atoms with Crippen molar-refractivity contribution >= 4 is 0 Å². The van der Waals surface area contributed by atoms with Crippen molar-refractivity contribution in [3.8, 4) is 22.8 Å². The van der Waals surface area contributed by atoms with E-state index >= 15 is 0 Å². The van der Waals surface area contributed by atoms with Crippen LogP contribution in [0.4, 0.5) is 0 Å². The zero-order chi connectivity index (χ0) is 19.9. The molecule has 0 atom stereocenters. The molecule has 4 aromatic rings. The number of hydrogen-bond donors (Lipinski definition) is 0. The maximum atomic E-state index is 4.29. The fourth-order valence-corrected chi connectivity index (χ4v) is 2.70. The van der Waals surface area contributed by atoms with Crippen LogP contribution in [0.15, 0.2) is 73.3 Å². The minimum Gasteiger partial charge on any atom is -1.00 e. The molecule has 4 heterocycles. The number of aromatic nitrogens is 4. The Hall–Kier alpha value is -2.47. The van der Waals surface area contributed by atoms with Crippen molar-refractivity contribution < 1.29 is 32.2 Å². The van der Waals surface area contributed by atoms with Crippen LogP contribution >= 0.6 is 0 Å². The zero-order valence-electron chi connectivity index (χ0n) is 17.4. The number of hydrogen-bond acceptors (Lipinski definition) is 4. The van der Waals surface area contributed by atoms with E-state index < -0.39 is 0 Å².